The number of aromatic nitrogens is 2. The van der Waals surface area contributed by atoms with Gasteiger partial charge in [0.05, 0.1) is 5.69 Å². The fourth-order valence-electron chi connectivity index (χ4n) is 3.29. The number of hydrogen-bond acceptors (Lipinski definition) is 3. The molecule has 3 rings (SSSR count). The highest BCUT2D eigenvalue weighted by Crippen LogP contribution is 2.28. The van der Waals surface area contributed by atoms with Gasteiger partial charge in [0, 0.05) is 29.4 Å². The molecule has 1 aliphatic rings. The van der Waals surface area contributed by atoms with Gasteiger partial charge in [-0.25, -0.2) is 13.5 Å². The van der Waals surface area contributed by atoms with Gasteiger partial charge in [0.2, 0.25) is 0 Å². The average Bonchev–Trinajstić information content (AvgIpc) is 3.24. The maximum absolute atomic E-state index is 13.6. The molecule has 1 heterocycles. The summed E-state index contributed by atoms with van der Waals surface area (Å²) in [6.07, 6.45) is 3.91. The Morgan fingerprint density at radius 1 is 1.27 bits per heavy atom. The van der Waals surface area contributed by atoms with Gasteiger partial charge in [0.1, 0.15) is 0 Å². The van der Waals surface area contributed by atoms with Crippen LogP contribution < -0.4 is 11.1 Å². The Morgan fingerprint density at radius 3 is 2.65 bits per heavy atom. The third kappa shape index (κ3) is 3.35. The molecule has 1 aliphatic carbocycles. The zero-order chi connectivity index (χ0) is 18.9. The largest absolute Gasteiger partial charge is 0.349 e. The van der Waals surface area contributed by atoms with Gasteiger partial charge in [-0.05, 0) is 44.2 Å². The molecule has 0 bridgehead atoms. The molecule has 3 N–H and O–H groups in total. The number of carbonyl (C=O) groups excluding carboxylic acids is 1. The molecule has 7 heteroatoms. The Bertz CT molecular complexity index is 827. The van der Waals surface area contributed by atoms with Crippen molar-refractivity contribution in [3.63, 3.8) is 0 Å². The normalized spacial score (nSPS) is 13.7. The van der Waals surface area contributed by atoms with Crippen LogP contribution in [-0.2, 0) is 12.8 Å². The van der Waals surface area contributed by atoms with Crippen LogP contribution in [0.3, 0.4) is 0 Å². The Hall–Kier alpha value is -2.28. The summed E-state index contributed by atoms with van der Waals surface area (Å²) in [4.78, 5) is 12.7. The van der Waals surface area contributed by atoms with Crippen molar-refractivity contribution in [3.8, 4) is 5.69 Å². The van der Waals surface area contributed by atoms with Gasteiger partial charge in [-0.3, -0.25) is 4.79 Å². The summed E-state index contributed by atoms with van der Waals surface area (Å²) in [7, 11) is 0. The van der Waals surface area contributed by atoms with Gasteiger partial charge in [-0.15, -0.1) is 0 Å². The number of benzene rings is 1. The van der Waals surface area contributed by atoms with E-state index in [1.807, 2.05) is 13.8 Å². The van der Waals surface area contributed by atoms with Gasteiger partial charge < -0.3 is 11.1 Å². The maximum Gasteiger partial charge on any atom is 0.272 e. The summed E-state index contributed by atoms with van der Waals surface area (Å²) >= 11 is 0. The number of rotatable bonds is 6. The van der Waals surface area contributed by atoms with Gasteiger partial charge in [-0.1, -0.05) is 13.8 Å². The topological polar surface area (TPSA) is 72.9 Å². The lowest BCUT2D eigenvalue weighted by atomic mass is 9.94. The monoisotopic (exact) mass is 362 g/mol. The minimum atomic E-state index is -0.936. The predicted octanol–water partition coefficient (Wildman–Crippen LogP) is 2.89. The van der Waals surface area contributed by atoms with E-state index < -0.39 is 17.2 Å². The number of nitrogens with one attached hydrogen (secondary N) is 1. The van der Waals surface area contributed by atoms with E-state index >= 15 is 0 Å². The Morgan fingerprint density at radius 2 is 2.00 bits per heavy atom. The van der Waals surface area contributed by atoms with Gasteiger partial charge >= 0.3 is 0 Å². The molecule has 0 radical (unpaired) electrons. The third-order valence-corrected chi connectivity index (χ3v) is 5.30. The highest BCUT2D eigenvalue weighted by atomic mass is 19.2. The zero-order valence-electron chi connectivity index (χ0n) is 15.1. The van der Waals surface area contributed by atoms with Gasteiger partial charge in [0.25, 0.3) is 5.91 Å². The SMILES string of the molecule is CCC(N)(CC)CNC(=O)c1nn(-c2ccc(F)c(F)c2)c2c1CCC2. The summed E-state index contributed by atoms with van der Waals surface area (Å²) in [5.74, 6) is -2.12. The molecule has 0 unspecified atom stereocenters. The van der Waals surface area contributed by atoms with Gasteiger partial charge in [0.15, 0.2) is 17.3 Å². The lowest BCUT2D eigenvalue weighted by molar-refractivity contribution is 0.0936. The van der Waals surface area contributed by atoms with Crippen molar-refractivity contribution in [1.82, 2.24) is 15.1 Å². The van der Waals surface area contributed by atoms with Crippen molar-refractivity contribution < 1.29 is 13.6 Å². The Labute approximate surface area is 151 Å². The van der Waals surface area contributed by atoms with Crippen molar-refractivity contribution in [2.24, 2.45) is 5.73 Å². The molecule has 2 aromatic rings. The van der Waals surface area contributed by atoms with Crippen LogP contribution in [0.5, 0.6) is 0 Å². The molecule has 140 valence electrons. The van der Waals surface area contributed by atoms with Crippen LogP contribution in [0.4, 0.5) is 8.78 Å². The quantitative estimate of drug-likeness (QED) is 0.830. The van der Waals surface area contributed by atoms with E-state index in [-0.39, 0.29) is 5.91 Å². The van der Waals surface area contributed by atoms with Crippen LogP contribution in [0.1, 0.15) is 54.9 Å². The first-order valence-corrected chi connectivity index (χ1v) is 9.02. The molecular formula is C19H24F2N4O. The Balaban J connectivity index is 1.90. The first-order chi connectivity index (χ1) is 12.4. The number of carbonyl (C=O) groups is 1. The molecule has 0 saturated carbocycles. The van der Waals surface area contributed by atoms with Crippen LogP contribution >= 0.6 is 0 Å². The predicted molar refractivity (Wildman–Crippen MR) is 95.3 cm³/mol. The maximum atomic E-state index is 13.6. The van der Waals surface area contributed by atoms with E-state index in [9.17, 15) is 13.6 Å². The minimum absolute atomic E-state index is 0.277. The number of nitrogens with zero attached hydrogens (tertiary/aromatic N) is 2. The smallest absolute Gasteiger partial charge is 0.272 e. The lowest BCUT2D eigenvalue weighted by Gasteiger charge is -2.26. The second-order valence-corrected chi connectivity index (χ2v) is 6.89. The number of nitrogens with two attached hydrogens (primary N) is 1. The van der Waals surface area contributed by atoms with Crippen molar-refractivity contribution >= 4 is 5.91 Å². The molecule has 0 saturated heterocycles. The molecule has 1 aromatic carbocycles. The first-order valence-electron chi connectivity index (χ1n) is 9.02. The highest BCUT2D eigenvalue weighted by Gasteiger charge is 2.28. The second kappa shape index (κ2) is 7.15. The van der Waals surface area contributed by atoms with Gasteiger partial charge in [-0.2, -0.15) is 5.10 Å². The molecule has 1 aromatic heterocycles. The summed E-state index contributed by atoms with van der Waals surface area (Å²) in [6.45, 7) is 4.35. The Kier molecular flexibility index (Phi) is 5.09. The van der Waals surface area contributed by atoms with Crippen molar-refractivity contribution in [1.29, 1.82) is 0 Å². The molecule has 0 atom stereocenters. The summed E-state index contributed by atoms with van der Waals surface area (Å²) in [5.41, 5.74) is 8.32. The van der Waals surface area contributed by atoms with E-state index in [1.165, 1.54) is 6.07 Å². The number of hydrogen-bond donors (Lipinski definition) is 2. The number of fused-ring (bicyclic) bond motifs is 1. The standard InChI is InChI=1S/C19H24F2N4O/c1-3-19(22,4-2)11-23-18(26)17-13-6-5-7-16(13)25(24-17)12-8-9-14(20)15(21)10-12/h8-10H,3-7,11,22H2,1-2H3,(H,23,26). The molecule has 0 spiro atoms. The molecule has 0 fully saturated rings. The first kappa shape index (κ1) is 18.5. The molecular weight excluding hydrogens is 338 g/mol. The highest BCUT2D eigenvalue weighted by molar-refractivity contribution is 5.94. The molecule has 26 heavy (non-hydrogen) atoms. The third-order valence-electron chi connectivity index (χ3n) is 5.30. The van der Waals surface area contributed by atoms with E-state index in [0.29, 0.717) is 17.9 Å². The van der Waals surface area contributed by atoms with E-state index in [1.54, 1.807) is 4.68 Å². The summed E-state index contributed by atoms with van der Waals surface area (Å²) < 4.78 is 28.4. The minimum Gasteiger partial charge on any atom is -0.349 e. The van der Waals surface area contributed by atoms with Crippen molar-refractivity contribution in [2.75, 3.05) is 6.54 Å². The second-order valence-electron chi connectivity index (χ2n) is 6.89. The lowest BCUT2D eigenvalue weighted by Crippen LogP contribution is -2.49. The molecule has 0 aliphatic heterocycles. The van der Waals surface area contributed by atoms with Crippen LogP contribution in [0.15, 0.2) is 18.2 Å². The fraction of sp³-hybridized carbons (Fsp3) is 0.474. The van der Waals surface area contributed by atoms with Crippen LogP contribution in [-0.4, -0.2) is 27.8 Å². The van der Waals surface area contributed by atoms with Crippen molar-refractivity contribution in [2.45, 2.75) is 51.5 Å². The summed E-state index contributed by atoms with van der Waals surface area (Å²) in [6, 6.07) is 3.63. The van der Waals surface area contributed by atoms with E-state index in [2.05, 4.69) is 10.4 Å². The summed E-state index contributed by atoms with van der Waals surface area (Å²) in [5, 5.41) is 7.28. The van der Waals surface area contributed by atoms with Crippen LogP contribution in [0.25, 0.3) is 5.69 Å². The van der Waals surface area contributed by atoms with E-state index in [4.69, 9.17) is 5.73 Å². The van der Waals surface area contributed by atoms with E-state index in [0.717, 1.165) is 55.5 Å². The number of halogens is 2. The average molecular weight is 362 g/mol. The fourth-order valence-corrected chi connectivity index (χ4v) is 3.29. The number of amides is 1. The zero-order valence-corrected chi connectivity index (χ0v) is 15.1. The van der Waals surface area contributed by atoms with Crippen LogP contribution in [0, 0.1) is 11.6 Å². The molecule has 1 amide bonds. The molecule has 5 nitrogen and oxygen atoms in total. The van der Waals surface area contributed by atoms with Crippen molar-refractivity contribution in [3.05, 3.63) is 46.8 Å². The van der Waals surface area contributed by atoms with Crippen LogP contribution in [0.2, 0.25) is 0 Å².